The van der Waals surface area contributed by atoms with Crippen LogP contribution in [-0.2, 0) is 6.54 Å². The second-order valence-corrected chi connectivity index (χ2v) is 5.49. The standard InChI is InChI=1S/C12H19NOS/c1-10(14)11-4-2-6-13(8-11)9-12-5-3-7-15-12/h3,5,7,10-11,14H,2,4,6,8-9H2,1H3/t10-,11-/m0/s1. The lowest BCUT2D eigenvalue weighted by Crippen LogP contribution is -2.38. The maximum Gasteiger partial charge on any atom is 0.0552 e. The zero-order valence-electron chi connectivity index (χ0n) is 9.22. The van der Waals surface area contributed by atoms with Crippen LogP contribution in [0.4, 0.5) is 0 Å². The number of thiophene rings is 1. The second-order valence-electron chi connectivity index (χ2n) is 4.46. The van der Waals surface area contributed by atoms with E-state index in [1.165, 1.54) is 24.3 Å². The summed E-state index contributed by atoms with van der Waals surface area (Å²) in [7, 11) is 0. The molecule has 1 aromatic heterocycles. The molecule has 1 aliphatic heterocycles. The van der Waals surface area contributed by atoms with E-state index in [0.29, 0.717) is 5.92 Å². The summed E-state index contributed by atoms with van der Waals surface area (Å²) in [6.07, 6.45) is 2.25. The van der Waals surface area contributed by atoms with Gasteiger partial charge < -0.3 is 5.11 Å². The lowest BCUT2D eigenvalue weighted by molar-refractivity contribution is 0.0603. The highest BCUT2D eigenvalue weighted by Gasteiger charge is 2.23. The number of hydrogen-bond donors (Lipinski definition) is 1. The van der Waals surface area contributed by atoms with Gasteiger partial charge in [0, 0.05) is 18.0 Å². The van der Waals surface area contributed by atoms with E-state index < -0.39 is 0 Å². The fraction of sp³-hybridized carbons (Fsp3) is 0.667. The average molecular weight is 225 g/mol. The fourth-order valence-corrected chi connectivity index (χ4v) is 3.00. The lowest BCUT2D eigenvalue weighted by Gasteiger charge is -2.33. The zero-order valence-corrected chi connectivity index (χ0v) is 10.0. The lowest BCUT2D eigenvalue weighted by atomic mass is 9.93. The third kappa shape index (κ3) is 3.03. The van der Waals surface area contributed by atoms with Crippen molar-refractivity contribution in [2.75, 3.05) is 13.1 Å². The largest absolute Gasteiger partial charge is 0.393 e. The first kappa shape index (κ1) is 11.1. The minimum absolute atomic E-state index is 0.156. The molecule has 0 bridgehead atoms. The highest BCUT2D eigenvalue weighted by molar-refractivity contribution is 7.09. The van der Waals surface area contributed by atoms with Crippen molar-refractivity contribution in [1.29, 1.82) is 0 Å². The summed E-state index contributed by atoms with van der Waals surface area (Å²) >= 11 is 1.82. The number of rotatable bonds is 3. The Morgan fingerprint density at radius 2 is 2.53 bits per heavy atom. The Bertz CT molecular complexity index is 284. The summed E-state index contributed by atoms with van der Waals surface area (Å²) in [6, 6.07) is 4.30. The Balaban J connectivity index is 1.88. The van der Waals surface area contributed by atoms with Crippen molar-refractivity contribution in [1.82, 2.24) is 4.90 Å². The molecule has 15 heavy (non-hydrogen) atoms. The summed E-state index contributed by atoms with van der Waals surface area (Å²) in [5.41, 5.74) is 0. The molecule has 3 heteroatoms. The van der Waals surface area contributed by atoms with E-state index in [1.807, 2.05) is 18.3 Å². The van der Waals surface area contributed by atoms with E-state index in [4.69, 9.17) is 0 Å². The first-order valence-corrected chi connectivity index (χ1v) is 6.56. The molecule has 0 aromatic carbocycles. The first-order valence-electron chi connectivity index (χ1n) is 5.68. The molecule has 2 heterocycles. The maximum atomic E-state index is 9.60. The number of nitrogens with zero attached hydrogens (tertiary/aromatic N) is 1. The van der Waals surface area contributed by atoms with Crippen molar-refractivity contribution < 1.29 is 5.11 Å². The molecule has 0 unspecified atom stereocenters. The van der Waals surface area contributed by atoms with Crippen molar-refractivity contribution in [2.24, 2.45) is 5.92 Å². The molecule has 1 aliphatic rings. The monoisotopic (exact) mass is 225 g/mol. The summed E-state index contributed by atoms with van der Waals surface area (Å²) in [5.74, 6) is 0.471. The summed E-state index contributed by atoms with van der Waals surface area (Å²) in [4.78, 5) is 3.90. The van der Waals surface area contributed by atoms with Gasteiger partial charge in [0.25, 0.3) is 0 Å². The number of aliphatic hydroxyl groups is 1. The van der Waals surface area contributed by atoms with Gasteiger partial charge in [0.05, 0.1) is 6.10 Å². The maximum absolute atomic E-state index is 9.60. The predicted molar refractivity (Wildman–Crippen MR) is 64.0 cm³/mol. The summed E-state index contributed by atoms with van der Waals surface area (Å²) in [6.45, 7) is 5.21. The van der Waals surface area contributed by atoms with Gasteiger partial charge in [0.15, 0.2) is 0 Å². The Labute approximate surface area is 95.5 Å². The zero-order chi connectivity index (χ0) is 10.7. The van der Waals surface area contributed by atoms with Crippen LogP contribution < -0.4 is 0 Å². The fourth-order valence-electron chi connectivity index (χ4n) is 2.25. The number of aliphatic hydroxyl groups excluding tert-OH is 1. The van der Waals surface area contributed by atoms with Crippen LogP contribution in [0.3, 0.4) is 0 Å². The van der Waals surface area contributed by atoms with Gasteiger partial charge in [-0.1, -0.05) is 6.07 Å². The van der Waals surface area contributed by atoms with Crippen molar-refractivity contribution in [3.8, 4) is 0 Å². The topological polar surface area (TPSA) is 23.5 Å². The number of piperidine rings is 1. The van der Waals surface area contributed by atoms with Crippen molar-refractivity contribution in [3.05, 3.63) is 22.4 Å². The van der Waals surface area contributed by atoms with Crippen LogP contribution in [0.1, 0.15) is 24.6 Å². The number of likely N-dealkylation sites (tertiary alicyclic amines) is 1. The molecule has 2 rings (SSSR count). The summed E-state index contributed by atoms with van der Waals surface area (Å²) in [5, 5.41) is 11.7. The molecule has 84 valence electrons. The van der Waals surface area contributed by atoms with Crippen LogP contribution in [0.5, 0.6) is 0 Å². The minimum atomic E-state index is -0.156. The van der Waals surface area contributed by atoms with Crippen LogP contribution in [0.2, 0.25) is 0 Å². The smallest absolute Gasteiger partial charge is 0.0552 e. The van der Waals surface area contributed by atoms with Gasteiger partial charge in [-0.3, -0.25) is 4.90 Å². The third-order valence-corrected chi connectivity index (χ3v) is 4.04. The molecule has 0 spiro atoms. The molecule has 0 amide bonds. The van der Waals surface area contributed by atoms with Gasteiger partial charge in [0.2, 0.25) is 0 Å². The van der Waals surface area contributed by atoms with Gasteiger partial charge in [-0.15, -0.1) is 11.3 Å². The highest BCUT2D eigenvalue weighted by atomic mass is 32.1. The molecule has 2 atom stereocenters. The Morgan fingerprint density at radius 1 is 1.67 bits per heavy atom. The van der Waals surface area contributed by atoms with Gasteiger partial charge in [0.1, 0.15) is 0 Å². The third-order valence-electron chi connectivity index (χ3n) is 3.18. The first-order chi connectivity index (χ1) is 7.25. The molecule has 1 saturated heterocycles. The highest BCUT2D eigenvalue weighted by Crippen LogP contribution is 2.22. The van der Waals surface area contributed by atoms with Gasteiger partial charge >= 0.3 is 0 Å². The Morgan fingerprint density at radius 3 is 3.20 bits per heavy atom. The van der Waals surface area contributed by atoms with Crippen LogP contribution in [0.15, 0.2) is 17.5 Å². The predicted octanol–water partition coefficient (Wildman–Crippen LogP) is 2.34. The molecule has 1 fully saturated rings. The molecule has 1 aromatic rings. The van der Waals surface area contributed by atoms with E-state index in [0.717, 1.165) is 13.1 Å². The van der Waals surface area contributed by atoms with Gasteiger partial charge in [-0.05, 0) is 43.7 Å². The van der Waals surface area contributed by atoms with Crippen molar-refractivity contribution in [2.45, 2.75) is 32.4 Å². The molecule has 0 radical (unpaired) electrons. The van der Waals surface area contributed by atoms with Crippen LogP contribution in [0.25, 0.3) is 0 Å². The quantitative estimate of drug-likeness (QED) is 0.853. The van der Waals surface area contributed by atoms with E-state index >= 15 is 0 Å². The molecular weight excluding hydrogens is 206 g/mol. The average Bonchev–Trinajstić information content (AvgIpc) is 2.71. The minimum Gasteiger partial charge on any atom is -0.393 e. The Kier molecular flexibility index (Phi) is 3.78. The van der Waals surface area contributed by atoms with Gasteiger partial charge in [-0.2, -0.15) is 0 Å². The SMILES string of the molecule is C[C@H](O)[C@H]1CCCN(Cc2cccs2)C1. The number of hydrogen-bond acceptors (Lipinski definition) is 3. The molecular formula is C12H19NOS. The Hall–Kier alpha value is -0.380. The van der Waals surface area contributed by atoms with E-state index in [-0.39, 0.29) is 6.10 Å². The van der Waals surface area contributed by atoms with E-state index in [9.17, 15) is 5.11 Å². The normalized spacial score (nSPS) is 25.3. The van der Waals surface area contributed by atoms with E-state index in [1.54, 1.807) is 0 Å². The van der Waals surface area contributed by atoms with Crippen LogP contribution in [-0.4, -0.2) is 29.2 Å². The van der Waals surface area contributed by atoms with E-state index in [2.05, 4.69) is 22.4 Å². The van der Waals surface area contributed by atoms with Gasteiger partial charge in [-0.25, -0.2) is 0 Å². The molecule has 0 saturated carbocycles. The molecule has 2 nitrogen and oxygen atoms in total. The van der Waals surface area contributed by atoms with Crippen molar-refractivity contribution >= 4 is 11.3 Å². The molecule has 1 N–H and O–H groups in total. The van der Waals surface area contributed by atoms with Crippen LogP contribution in [0, 0.1) is 5.92 Å². The summed E-state index contributed by atoms with van der Waals surface area (Å²) < 4.78 is 0. The van der Waals surface area contributed by atoms with Crippen LogP contribution >= 0.6 is 11.3 Å². The second kappa shape index (κ2) is 5.10. The van der Waals surface area contributed by atoms with Crippen molar-refractivity contribution in [3.63, 3.8) is 0 Å². The molecule has 0 aliphatic carbocycles.